The first kappa shape index (κ1) is 14.7. The van der Waals surface area contributed by atoms with Crippen LogP contribution in [0.2, 0.25) is 0 Å². The van der Waals surface area contributed by atoms with Crippen LogP contribution >= 0.6 is 11.8 Å². The lowest BCUT2D eigenvalue weighted by molar-refractivity contribution is -0.146. The van der Waals surface area contributed by atoms with E-state index in [9.17, 15) is 9.90 Å². The number of hydrogen-bond acceptors (Lipinski definition) is 4. The Hall–Kier alpha value is -2.20. The summed E-state index contributed by atoms with van der Waals surface area (Å²) < 4.78 is 5.47. The van der Waals surface area contributed by atoms with Gasteiger partial charge in [-0.25, -0.2) is 4.79 Å². The number of esters is 1. The molecule has 1 heterocycles. The van der Waals surface area contributed by atoms with Gasteiger partial charge in [-0.2, -0.15) is 0 Å². The number of hydrogen-bond donors (Lipinski definition) is 1. The van der Waals surface area contributed by atoms with Crippen molar-refractivity contribution in [3.63, 3.8) is 0 Å². The summed E-state index contributed by atoms with van der Waals surface area (Å²) in [7, 11) is 0. The Kier molecular flexibility index (Phi) is 4.49. The highest BCUT2D eigenvalue weighted by atomic mass is 32.2. The van der Waals surface area contributed by atoms with Gasteiger partial charge in [0.25, 0.3) is 0 Å². The molecule has 0 saturated carbocycles. The van der Waals surface area contributed by atoms with E-state index in [-0.39, 0.29) is 5.76 Å². The third-order valence-corrected chi connectivity index (χ3v) is 4.64. The van der Waals surface area contributed by atoms with E-state index in [1.165, 1.54) is 11.8 Å². The Morgan fingerprint density at radius 1 is 1.05 bits per heavy atom. The standard InChI is InChI=1S/C18H16O3S/c19-15-11-16(14-9-5-2-6-10-14)21-18(20)17(15)22-12-13-7-3-1-4-8-13/h1-10,16,19H,11-12H2. The molecule has 2 aromatic carbocycles. The zero-order valence-electron chi connectivity index (χ0n) is 11.9. The van der Waals surface area contributed by atoms with Crippen LogP contribution in [0.25, 0.3) is 0 Å². The van der Waals surface area contributed by atoms with Crippen LogP contribution in [0.15, 0.2) is 71.3 Å². The summed E-state index contributed by atoms with van der Waals surface area (Å²) >= 11 is 1.32. The van der Waals surface area contributed by atoms with Gasteiger partial charge in [0, 0.05) is 12.2 Å². The smallest absolute Gasteiger partial charge is 0.348 e. The summed E-state index contributed by atoms with van der Waals surface area (Å²) in [4.78, 5) is 12.5. The second-order valence-electron chi connectivity index (χ2n) is 5.06. The number of thioether (sulfide) groups is 1. The first-order valence-electron chi connectivity index (χ1n) is 7.09. The lowest BCUT2D eigenvalue weighted by atomic mass is 10.0. The van der Waals surface area contributed by atoms with Crippen LogP contribution in [-0.4, -0.2) is 11.1 Å². The Balaban J connectivity index is 1.71. The van der Waals surface area contributed by atoms with E-state index >= 15 is 0 Å². The number of aliphatic hydroxyl groups excluding tert-OH is 1. The third kappa shape index (κ3) is 3.34. The molecule has 2 aromatic rings. The van der Waals surface area contributed by atoms with Gasteiger partial charge in [-0.1, -0.05) is 60.7 Å². The molecule has 1 N–H and O–H groups in total. The minimum absolute atomic E-state index is 0.117. The Bertz CT molecular complexity index is 680. The van der Waals surface area contributed by atoms with Crippen LogP contribution in [0, 0.1) is 0 Å². The molecule has 3 nitrogen and oxygen atoms in total. The van der Waals surface area contributed by atoms with Crippen molar-refractivity contribution < 1.29 is 14.6 Å². The highest BCUT2D eigenvalue weighted by molar-refractivity contribution is 8.03. The molecule has 1 aliphatic heterocycles. The maximum Gasteiger partial charge on any atom is 0.348 e. The molecule has 1 aliphatic rings. The van der Waals surface area contributed by atoms with Gasteiger partial charge >= 0.3 is 5.97 Å². The molecule has 22 heavy (non-hydrogen) atoms. The van der Waals surface area contributed by atoms with Crippen molar-refractivity contribution in [3.8, 4) is 0 Å². The Morgan fingerprint density at radius 2 is 1.68 bits per heavy atom. The Labute approximate surface area is 133 Å². The molecule has 1 unspecified atom stereocenters. The van der Waals surface area contributed by atoms with Crippen LogP contribution in [0.1, 0.15) is 23.7 Å². The highest BCUT2D eigenvalue weighted by Gasteiger charge is 2.30. The summed E-state index contributed by atoms with van der Waals surface area (Å²) in [5.41, 5.74) is 2.00. The normalized spacial score (nSPS) is 18.2. The van der Waals surface area contributed by atoms with E-state index in [0.29, 0.717) is 17.1 Å². The monoisotopic (exact) mass is 312 g/mol. The van der Waals surface area contributed by atoms with E-state index in [0.717, 1.165) is 11.1 Å². The number of rotatable bonds is 4. The molecule has 0 radical (unpaired) electrons. The fourth-order valence-corrected chi connectivity index (χ4v) is 3.26. The minimum atomic E-state index is -0.446. The molecule has 0 aliphatic carbocycles. The molecule has 112 valence electrons. The van der Waals surface area contributed by atoms with Crippen molar-refractivity contribution in [2.24, 2.45) is 0 Å². The van der Waals surface area contributed by atoms with E-state index in [4.69, 9.17) is 4.74 Å². The molecule has 0 bridgehead atoms. The molecule has 0 saturated heterocycles. The van der Waals surface area contributed by atoms with Crippen molar-refractivity contribution >= 4 is 17.7 Å². The minimum Gasteiger partial charge on any atom is -0.511 e. The second-order valence-corrected chi connectivity index (χ2v) is 6.04. The SMILES string of the molecule is O=C1OC(c2ccccc2)CC(O)=C1SCc1ccccc1. The van der Waals surface area contributed by atoms with Crippen molar-refractivity contribution in [2.45, 2.75) is 18.3 Å². The summed E-state index contributed by atoms with van der Waals surface area (Å²) in [6.45, 7) is 0. The lowest BCUT2D eigenvalue weighted by Crippen LogP contribution is -2.20. The van der Waals surface area contributed by atoms with Gasteiger partial charge in [0.1, 0.15) is 16.8 Å². The zero-order chi connectivity index (χ0) is 15.4. The highest BCUT2D eigenvalue weighted by Crippen LogP contribution is 2.36. The average Bonchev–Trinajstić information content (AvgIpc) is 2.56. The first-order chi connectivity index (χ1) is 10.7. The summed E-state index contributed by atoms with van der Waals surface area (Å²) in [6.07, 6.45) is -0.0813. The number of aliphatic hydroxyl groups is 1. The largest absolute Gasteiger partial charge is 0.511 e. The molecule has 0 fully saturated rings. The van der Waals surface area contributed by atoms with Crippen molar-refractivity contribution in [2.75, 3.05) is 0 Å². The molecular formula is C18H16O3S. The average molecular weight is 312 g/mol. The molecule has 0 amide bonds. The van der Waals surface area contributed by atoms with Crippen LogP contribution in [0.5, 0.6) is 0 Å². The van der Waals surface area contributed by atoms with Gasteiger partial charge in [0.2, 0.25) is 0 Å². The summed E-state index contributed by atoms with van der Waals surface area (Å²) in [6, 6.07) is 19.3. The molecule has 0 spiro atoms. The predicted octanol–water partition coefficient (Wildman–Crippen LogP) is 4.38. The van der Waals surface area contributed by atoms with Gasteiger partial charge in [-0.3, -0.25) is 0 Å². The van der Waals surface area contributed by atoms with Crippen LogP contribution in [-0.2, 0) is 15.3 Å². The fraction of sp³-hybridized carbons (Fsp3) is 0.167. The number of cyclic esters (lactones) is 1. The van der Waals surface area contributed by atoms with Crippen molar-refractivity contribution in [1.29, 1.82) is 0 Å². The van der Waals surface area contributed by atoms with Crippen molar-refractivity contribution in [3.05, 3.63) is 82.5 Å². The van der Waals surface area contributed by atoms with Gasteiger partial charge in [0.05, 0.1) is 0 Å². The van der Waals surface area contributed by atoms with E-state index < -0.39 is 12.1 Å². The van der Waals surface area contributed by atoms with Crippen LogP contribution in [0.3, 0.4) is 0 Å². The zero-order valence-corrected chi connectivity index (χ0v) is 12.8. The fourth-order valence-electron chi connectivity index (χ4n) is 2.34. The summed E-state index contributed by atoms with van der Waals surface area (Å²) in [5.74, 6) is 0.301. The van der Waals surface area contributed by atoms with Crippen LogP contribution in [0.4, 0.5) is 0 Å². The third-order valence-electron chi connectivity index (χ3n) is 3.47. The van der Waals surface area contributed by atoms with Gasteiger partial charge in [-0.05, 0) is 11.1 Å². The second kappa shape index (κ2) is 6.71. The Morgan fingerprint density at radius 3 is 2.32 bits per heavy atom. The maximum absolute atomic E-state index is 12.1. The molecule has 1 atom stereocenters. The lowest BCUT2D eigenvalue weighted by Gasteiger charge is -2.24. The molecule has 3 rings (SSSR count). The quantitative estimate of drug-likeness (QED) is 0.851. The molecular weight excluding hydrogens is 296 g/mol. The first-order valence-corrected chi connectivity index (χ1v) is 8.07. The maximum atomic E-state index is 12.1. The number of carbonyl (C=O) groups is 1. The van der Waals surface area contributed by atoms with Crippen molar-refractivity contribution in [1.82, 2.24) is 0 Å². The number of benzene rings is 2. The molecule has 4 heteroatoms. The van der Waals surface area contributed by atoms with Gasteiger partial charge < -0.3 is 9.84 Å². The topological polar surface area (TPSA) is 46.5 Å². The summed E-state index contributed by atoms with van der Waals surface area (Å²) in [5, 5.41) is 10.2. The van der Waals surface area contributed by atoms with Gasteiger partial charge in [-0.15, -0.1) is 11.8 Å². The van der Waals surface area contributed by atoms with E-state index in [1.807, 2.05) is 60.7 Å². The van der Waals surface area contributed by atoms with Gasteiger partial charge in [0.15, 0.2) is 0 Å². The molecule has 0 aromatic heterocycles. The predicted molar refractivity (Wildman–Crippen MR) is 87.3 cm³/mol. The van der Waals surface area contributed by atoms with E-state index in [1.54, 1.807) is 0 Å². The van der Waals surface area contributed by atoms with Crippen LogP contribution < -0.4 is 0 Å². The number of ether oxygens (including phenoxy) is 1. The van der Waals surface area contributed by atoms with E-state index in [2.05, 4.69) is 0 Å². The number of carbonyl (C=O) groups excluding carboxylic acids is 1.